The third-order valence-corrected chi connectivity index (χ3v) is 1.22. The number of aliphatic hydroxyl groups is 1. The largest absolute Gasteiger partial charge is 0.409 e. The Hall–Kier alpha value is 0.0400. The van der Waals surface area contributed by atoms with Crippen LogP contribution in [0.2, 0.25) is 0 Å². The average Bonchev–Trinajstić information content (AvgIpc) is 1.64. The van der Waals surface area contributed by atoms with Gasteiger partial charge in [0.05, 0.1) is 6.61 Å². The Balaban J connectivity index is 4.14. The highest BCUT2D eigenvalue weighted by atomic mass is 35.5. The molecule has 1 nitrogen and oxygen atoms in total. The molecule has 5 heteroatoms. The molecule has 0 saturated carbocycles. The molecule has 0 aliphatic rings. The first kappa shape index (κ1) is 9.04. The van der Waals surface area contributed by atoms with Crippen LogP contribution >= 0.6 is 11.6 Å². The number of rotatable bonds is 1. The van der Waals surface area contributed by atoms with E-state index < -0.39 is 17.7 Å². The van der Waals surface area contributed by atoms with Gasteiger partial charge in [-0.3, -0.25) is 0 Å². The van der Waals surface area contributed by atoms with Gasteiger partial charge in [0.2, 0.25) is 0 Å². The van der Waals surface area contributed by atoms with Gasteiger partial charge in [0.25, 0.3) is 0 Å². The van der Waals surface area contributed by atoms with Crippen molar-refractivity contribution in [1.82, 2.24) is 0 Å². The molecular formula is C4H6ClF3O. The summed E-state index contributed by atoms with van der Waals surface area (Å²) < 4.78 is 34.6. The highest BCUT2D eigenvalue weighted by Gasteiger charge is 2.49. The van der Waals surface area contributed by atoms with Gasteiger partial charge in [-0.2, -0.15) is 13.2 Å². The van der Waals surface area contributed by atoms with Crippen molar-refractivity contribution in [1.29, 1.82) is 0 Å². The highest BCUT2D eigenvalue weighted by Crippen LogP contribution is 2.34. The molecule has 0 radical (unpaired) electrons. The van der Waals surface area contributed by atoms with E-state index in [1.807, 2.05) is 0 Å². The van der Waals surface area contributed by atoms with Gasteiger partial charge in [0.1, 0.15) is 0 Å². The maximum absolute atomic E-state index is 11.5. The van der Waals surface area contributed by atoms with Gasteiger partial charge in [-0.25, -0.2) is 0 Å². The third-order valence-electron chi connectivity index (χ3n) is 0.888. The van der Waals surface area contributed by atoms with Gasteiger partial charge in [-0.15, -0.1) is 11.6 Å². The molecule has 56 valence electrons. The lowest BCUT2D eigenvalue weighted by Gasteiger charge is -2.21. The zero-order valence-electron chi connectivity index (χ0n) is 4.67. The lowest BCUT2D eigenvalue weighted by atomic mass is 10.2. The monoisotopic (exact) mass is 162 g/mol. The maximum Gasteiger partial charge on any atom is 0.409 e. The van der Waals surface area contributed by atoms with E-state index in [4.69, 9.17) is 16.7 Å². The quantitative estimate of drug-likeness (QED) is 0.580. The van der Waals surface area contributed by atoms with Crippen LogP contribution in [-0.2, 0) is 0 Å². The van der Waals surface area contributed by atoms with Crippen LogP contribution in [0.1, 0.15) is 6.92 Å². The highest BCUT2D eigenvalue weighted by molar-refractivity contribution is 6.24. The number of aliphatic hydroxyl groups excluding tert-OH is 1. The molecule has 0 aromatic rings. The van der Waals surface area contributed by atoms with E-state index in [2.05, 4.69) is 0 Å². The van der Waals surface area contributed by atoms with Crippen molar-refractivity contribution in [3.63, 3.8) is 0 Å². The summed E-state index contributed by atoms with van der Waals surface area (Å²) >= 11 is 4.82. The van der Waals surface area contributed by atoms with Crippen molar-refractivity contribution in [3.8, 4) is 0 Å². The fourth-order valence-corrected chi connectivity index (χ4v) is 0.0896. The van der Waals surface area contributed by atoms with Gasteiger partial charge >= 0.3 is 6.18 Å². The van der Waals surface area contributed by atoms with Gasteiger partial charge in [0.15, 0.2) is 4.87 Å². The van der Waals surface area contributed by atoms with Crippen LogP contribution in [0.4, 0.5) is 13.2 Å². The van der Waals surface area contributed by atoms with Crippen LogP contribution < -0.4 is 0 Å². The van der Waals surface area contributed by atoms with Crippen molar-refractivity contribution in [2.75, 3.05) is 6.61 Å². The molecule has 0 heterocycles. The Morgan fingerprint density at radius 3 is 1.78 bits per heavy atom. The Labute approximate surface area is 55.4 Å². The molecule has 0 amide bonds. The molecule has 1 N–H and O–H groups in total. The number of alkyl halides is 4. The fourth-order valence-electron chi connectivity index (χ4n) is 0.0896. The summed E-state index contributed by atoms with van der Waals surface area (Å²) in [6, 6.07) is 0. The molecule has 0 bridgehead atoms. The molecule has 1 unspecified atom stereocenters. The minimum atomic E-state index is -4.54. The zero-order valence-corrected chi connectivity index (χ0v) is 5.42. The molecule has 0 aliphatic heterocycles. The normalized spacial score (nSPS) is 19.3. The van der Waals surface area contributed by atoms with E-state index in [0.29, 0.717) is 6.92 Å². The van der Waals surface area contributed by atoms with E-state index >= 15 is 0 Å². The Morgan fingerprint density at radius 2 is 1.78 bits per heavy atom. The molecule has 0 fully saturated rings. The van der Waals surface area contributed by atoms with Gasteiger partial charge in [-0.1, -0.05) is 0 Å². The topological polar surface area (TPSA) is 20.2 Å². The number of halogens is 4. The first-order valence-electron chi connectivity index (χ1n) is 2.18. The molecule has 1 atom stereocenters. The van der Waals surface area contributed by atoms with E-state index in [-0.39, 0.29) is 0 Å². The summed E-state index contributed by atoms with van der Waals surface area (Å²) in [5.41, 5.74) is 0. The van der Waals surface area contributed by atoms with E-state index in [0.717, 1.165) is 0 Å². The Bertz CT molecular complexity index is 98.5. The SMILES string of the molecule is CC(Cl)(CO)C(F)(F)F. The number of hydrogen-bond acceptors (Lipinski definition) is 1. The lowest BCUT2D eigenvalue weighted by Crippen LogP contribution is -2.39. The molecule has 0 saturated heterocycles. The van der Waals surface area contributed by atoms with Crippen LogP contribution in [0.3, 0.4) is 0 Å². The van der Waals surface area contributed by atoms with E-state index in [1.54, 1.807) is 0 Å². The second-order valence-electron chi connectivity index (χ2n) is 1.85. The van der Waals surface area contributed by atoms with Crippen LogP contribution in [0, 0.1) is 0 Å². The van der Waals surface area contributed by atoms with Gasteiger partial charge < -0.3 is 5.11 Å². The van der Waals surface area contributed by atoms with Crippen molar-refractivity contribution in [2.45, 2.75) is 18.0 Å². The predicted octanol–water partition coefficient (Wildman–Crippen LogP) is 1.54. The van der Waals surface area contributed by atoms with Gasteiger partial charge in [0, 0.05) is 0 Å². The summed E-state index contributed by atoms with van der Waals surface area (Å²) in [5, 5.41) is 8.08. The van der Waals surface area contributed by atoms with Crippen molar-refractivity contribution >= 4 is 11.6 Å². The first-order chi connectivity index (χ1) is 3.81. The van der Waals surface area contributed by atoms with Crippen LogP contribution in [0.5, 0.6) is 0 Å². The first-order valence-corrected chi connectivity index (χ1v) is 2.55. The third kappa shape index (κ3) is 2.02. The Morgan fingerprint density at radius 1 is 1.44 bits per heavy atom. The fraction of sp³-hybridized carbons (Fsp3) is 1.00. The summed E-state index contributed by atoms with van der Waals surface area (Å²) in [6.07, 6.45) is -4.54. The molecule has 0 aliphatic carbocycles. The van der Waals surface area contributed by atoms with Crippen molar-refractivity contribution < 1.29 is 18.3 Å². The van der Waals surface area contributed by atoms with Crippen LogP contribution in [0.15, 0.2) is 0 Å². The van der Waals surface area contributed by atoms with Crippen LogP contribution in [0.25, 0.3) is 0 Å². The van der Waals surface area contributed by atoms with Crippen molar-refractivity contribution in [2.24, 2.45) is 0 Å². The average molecular weight is 163 g/mol. The molecular weight excluding hydrogens is 156 g/mol. The summed E-state index contributed by atoms with van der Waals surface area (Å²) in [5.74, 6) is 0. The standard InChI is InChI=1S/C4H6ClF3O/c1-3(5,2-9)4(6,7)8/h9H,2H2,1H3. The molecule has 0 aromatic heterocycles. The molecule has 9 heavy (non-hydrogen) atoms. The van der Waals surface area contributed by atoms with Crippen molar-refractivity contribution in [3.05, 3.63) is 0 Å². The predicted molar refractivity (Wildman–Crippen MR) is 27.4 cm³/mol. The van der Waals surface area contributed by atoms with Crippen LogP contribution in [-0.4, -0.2) is 22.8 Å². The maximum atomic E-state index is 11.5. The molecule has 0 spiro atoms. The van der Waals surface area contributed by atoms with Gasteiger partial charge in [-0.05, 0) is 6.92 Å². The summed E-state index contributed by atoms with van der Waals surface area (Å²) in [7, 11) is 0. The lowest BCUT2D eigenvalue weighted by molar-refractivity contribution is -0.165. The number of hydrogen-bond donors (Lipinski definition) is 1. The Kier molecular flexibility index (Phi) is 2.35. The minimum Gasteiger partial charge on any atom is -0.394 e. The summed E-state index contributed by atoms with van der Waals surface area (Å²) in [6.45, 7) is -0.382. The zero-order chi connectivity index (χ0) is 7.71. The summed E-state index contributed by atoms with van der Waals surface area (Å²) in [4.78, 5) is -2.49. The van der Waals surface area contributed by atoms with E-state index in [9.17, 15) is 13.2 Å². The molecule has 0 rings (SSSR count). The smallest absolute Gasteiger partial charge is 0.394 e. The minimum absolute atomic E-state index is 0.717. The van der Waals surface area contributed by atoms with E-state index in [1.165, 1.54) is 0 Å². The second kappa shape index (κ2) is 2.34. The second-order valence-corrected chi connectivity index (χ2v) is 2.69. The molecule has 0 aromatic carbocycles.